The van der Waals surface area contributed by atoms with Crippen molar-refractivity contribution in [2.24, 2.45) is 0 Å². The number of morpholine rings is 1. The zero-order chi connectivity index (χ0) is 11.9. The van der Waals surface area contributed by atoms with E-state index in [1.807, 2.05) is 0 Å². The standard InChI is InChI=1S/C14H22N2O/c1-2-16-8-9-17-12-14(16)11-15-10-13-6-4-3-5-7-13/h3-7,14-15H,2,8-12H2,1H3. The fraction of sp³-hybridized carbons (Fsp3) is 0.571. The zero-order valence-corrected chi connectivity index (χ0v) is 10.6. The first-order valence-corrected chi connectivity index (χ1v) is 6.46. The van der Waals surface area contributed by atoms with E-state index in [1.165, 1.54) is 5.56 Å². The van der Waals surface area contributed by atoms with Gasteiger partial charge in [0, 0.05) is 25.7 Å². The average molecular weight is 234 g/mol. The number of nitrogens with zero attached hydrogens (tertiary/aromatic N) is 1. The molecule has 0 spiro atoms. The summed E-state index contributed by atoms with van der Waals surface area (Å²) in [5.74, 6) is 0. The third-order valence-corrected chi connectivity index (χ3v) is 3.31. The SMILES string of the molecule is CCN1CCOCC1CNCc1ccccc1. The van der Waals surface area contributed by atoms with Crippen molar-refractivity contribution in [1.82, 2.24) is 10.2 Å². The quantitative estimate of drug-likeness (QED) is 0.835. The molecule has 0 saturated carbocycles. The van der Waals surface area contributed by atoms with Gasteiger partial charge in [0.25, 0.3) is 0 Å². The lowest BCUT2D eigenvalue weighted by Crippen LogP contribution is -2.50. The molecule has 1 fully saturated rings. The molecule has 1 atom stereocenters. The number of rotatable bonds is 5. The Kier molecular flexibility index (Phi) is 4.98. The summed E-state index contributed by atoms with van der Waals surface area (Å²) in [4.78, 5) is 2.49. The molecule has 3 nitrogen and oxygen atoms in total. The van der Waals surface area contributed by atoms with E-state index in [9.17, 15) is 0 Å². The second-order valence-electron chi connectivity index (χ2n) is 4.47. The Labute approximate surface area is 104 Å². The molecule has 1 unspecified atom stereocenters. The summed E-state index contributed by atoms with van der Waals surface area (Å²) >= 11 is 0. The number of hydrogen-bond acceptors (Lipinski definition) is 3. The van der Waals surface area contributed by atoms with E-state index in [4.69, 9.17) is 4.74 Å². The average Bonchev–Trinajstić information content (AvgIpc) is 2.40. The predicted octanol–water partition coefficient (Wildman–Crippen LogP) is 1.50. The minimum Gasteiger partial charge on any atom is -0.378 e. The van der Waals surface area contributed by atoms with Gasteiger partial charge in [-0.05, 0) is 12.1 Å². The first kappa shape index (κ1) is 12.6. The third-order valence-electron chi connectivity index (χ3n) is 3.31. The van der Waals surface area contributed by atoms with Crippen LogP contribution in [0.3, 0.4) is 0 Å². The van der Waals surface area contributed by atoms with Crippen LogP contribution < -0.4 is 5.32 Å². The Bertz CT molecular complexity index is 315. The molecule has 17 heavy (non-hydrogen) atoms. The summed E-state index contributed by atoms with van der Waals surface area (Å²) < 4.78 is 5.54. The van der Waals surface area contributed by atoms with E-state index in [1.54, 1.807) is 0 Å². The van der Waals surface area contributed by atoms with Gasteiger partial charge in [-0.2, -0.15) is 0 Å². The van der Waals surface area contributed by atoms with Gasteiger partial charge in [0.1, 0.15) is 0 Å². The Balaban J connectivity index is 1.74. The van der Waals surface area contributed by atoms with Crippen LogP contribution in [0.25, 0.3) is 0 Å². The molecule has 1 heterocycles. The normalized spacial score (nSPS) is 21.6. The van der Waals surface area contributed by atoms with Crippen LogP contribution in [0.15, 0.2) is 30.3 Å². The van der Waals surface area contributed by atoms with Crippen LogP contribution in [0, 0.1) is 0 Å². The number of nitrogens with one attached hydrogen (secondary N) is 1. The minimum absolute atomic E-state index is 0.525. The summed E-state index contributed by atoms with van der Waals surface area (Å²) in [5.41, 5.74) is 1.34. The molecule has 0 bridgehead atoms. The molecule has 1 aromatic carbocycles. The molecule has 1 N–H and O–H groups in total. The van der Waals surface area contributed by atoms with Crippen LogP contribution in [-0.4, -0.2) is 43.8 Å². The highest BCUT2D eigenvalue weighted by Crippen LogP contribution is 2.05. The molecule has 1 aromatic rings. The van der Waals surface area contributed by atoms with Gasteiger partial charge in [0.05, 0.1) is 13.2 Å². The summed E-state index contributed by atoms with van der Waals surface area (Å²) in [6.45, 7) is 8.07. The van der Waals surface area contributed by atoms with E-state index in [0.29, 0.717) is 6.04 Å². The zero-order valence-electron chi connectivity index (χ0n) is 10.6. The highest BCUT2D eigenvalue weighted by Gasteiger charge is 2.20. The Morgan fingerprint density at radius 2 is 2.18 bits per heavy atom. The maximum atomic E-state index is 5.54. The fourth-order valence-corrected chi connectivity index (χ4v) is 2.27. The van der Waals surface area contributed by atoms with Gasteiger partial charge in [-0.25, -0.2) is 0 Å². The van der Waals surface area contributed by atoms with Crippen molar-refractivity contribution in [1.29, 1.82) is 0 Å². The largest absolute Gasteiger partial charge is 0.378 e. The maximum Gasteiger partial charge on any atom is 0.0634 e. The van der Waals surface area contributed by atoms with Gasteiger partial charge in [0.2, 0.25) is 0 Å². The summed E-state index contributed by atoms with van der Waals surface area (Å²) in [6, 6.07) is 11.1. The highest BCUT2D eigenvalue weighted by molar-refractivity contribution is 5.14. The van der Waals surface area contributed by atoms with Crippen LogP contribution in [0.2, 0.25) is 0 Å². The molecule has 0 aliphatic carbocycles. The number of benzene rings is 1. The molecule has 3 heteroatoms. The number of ether oxygens (including phenoxy) is 1. The molecular formula is C14H22N2O. The van der Waals surface area contributed by atoms with Gasteiger partial charge < -0.3 is 10.1 Å². The topological polar surface area (TPSA) is 24.5 Å². The molecular weight excluding hydrogens is 212 g/mol. The first-order valence-electron chi connectivity index (χ1n) is 6.46. The van der Waals surface area contributed by atoms with Gasteiger partial charge in [-0.3, -0.25) is 4.90 Å². The van der Waals surface area contributed by atoms with Crippen molar-refractivity contribution in [3.8, 4) is 0 Å². The van der Waals surface area contributed by atoms with E-state index in [0.717, 1.165) is 39.4 Å². The van der Waals surface area contributed by atoms with Gasteiger partial charge >= 0.3 is 0 Å². The second kappa shape index (κ2) is 6.74. The molecule has 1 saturated heterocycles. The van der Waals surface area contributed by atoms with Crippen molar-refractivity contribution in [2.75, 3.05) is 32.8 Å². The van der Waals surface area contributed by atoms with Crippen LogP contribution in [-0.2, 0) is 11.3 Å². The van der Waals surface area contributed by atoms with Crippen molar-refractivity contribution >= 4 is 0 Å². The van der Waals surface area contributed by atoms with Gasteiger partial charge in [-0.1, -0.05) is 37.3 Å². The molecule has 0 amide bonds. The molecule has 2 rings (SSSR count). The molecule has 1 aliphatic heterocycles. The molecule has 0 aromatic heterocycles. The second-order valence-corrected chi connectivity index (χ2v) is 4.47. The van der Waals surface area contributed by atoms with Crippen molar-refractivity contribution in [3.05, 3.63) is 35.9 Å². The number of likely N-dealkylation sites (N-methyl/N-ethyl adjacent to an activating group) is 1. The van der Waals surface area contributed by atoms with Crippen LogP contribution in [0.4, 0.5) is 0 Å². The Morgan fingerprint density at radius 1 is 1.35 bits per heavy atom. The van der Waals surface area contributed by atoms with E-state index < -0.39 is 0 Å². The highest BCUT2D eigenvalue weighted by atomic mass is 16.5. The van der Waals surface area contributed by atoms with E-state index >= 15 is 0 Å². The molecule has 1 aliphatic rings. The smallest absolute Gasteiger partial charge is 0.0634 e. The van der Waals surface area contributed by atoms with Gasteiger partial charge in [-0.15, -0.1) is 0 Å². The van der Waals surface area contributed by atoms with E-state index in [2.05, 4.69) is 47.5 Å². The first-order chi connectivity index (χ1) is 8.40. The summed E-state index contributed by atoms with van der Waals surface area (Å²) in [6.07, 6.45) is 0. The molecule has 0 radical (unpaired) electrons. The number of hydrogen-bond donors (Lipinski definition) is 1. The maximum absolute atomic E-state index is 5.54. The lowest BCUT2D eigenvalue weighted by atomic mass is 10.2. The Morgan fingerprint density at radius 3 is 2.94 bits per heavy atom. The molecule has 94 valence electrons. The van der Waals surface area contributed by atoms with Crippen LogP contribution in [0.1, 0.15) is 12.5 Å². The Hall–Kier alpha value is -0.900. The fourth-order valence-electron chi connectivity index (χ4n) is 2.27. The predicted molar refractivity (Wildman–Crippen MR) is 70.0 cm³/mol. The van der Waals surface area contributed by atoms with Crippen molar-refractivity contribution in [3.63, 3.8) is 0 Å². The van der Waals surface area contributed by atoms with Crippen LogP contribution in [0.5, 0.6) is 0 Å². The lowest BCUT2D eigenvalue weighted by molar-refractivity contribution is -0.00423. The van der Waals surface area contributed by atoms with Crippen LogP contribution >= 0.6 is 0 Å². The minimum atomic E-state index is 0.525. The summed E-state index contributed by atoms with van der Waals surface area (Å²) in [7, 11) is 0. The van der Waals surface area contributed by atoms with Gasteiger partial charge in [0.15, 0.2) is 0 Å². The third kappa shape index (κ3) is 3.80. The van der Waals surface area contributed by atoms with Crippen molar-refractivity contribution < 1.29 is 4.74 Å². The summed E-state index contributed by atoms with van der Waals surface area (Å²) in [5, 5.41) is 3.51. The van der Waals surface area contributed by atoms with Crippen molar-refractivity contribution in [2.45, 2.75) is 19.5 Å². The lowest BCUT2D eigenvalue weighted by Gasteiger charge is -2.34. The monoisotopic (exact) mass is 234 g/mol. The van der Waals surface area contributed by atoms with E-state index in [-0.39, 0.29) is 0 Å².